The maximum atomic E-state index is 13.4. The summed E-state index contributed by atoms with van der Waals surface area (Å²) in [6.45, 7) is 6.48. The zero-order valence-corrected chi connectivity index (χ0v) is 14.8. The minimum atomic E-state index is -0.131. The molecule has 1 aromatic heterocycles. The molecule has 1 aromatic carbocycles. The third-order valence-electron chi connectivity index (χ3n) is 5.40. The average Bonchev–Trinajstić information content (AvgIpc) is 3.18. The van der Waals surface area contributed by atoms with Crippen LogP contribution in [0.4, 0.5) is 4.39 Å². The molecule has 0 aliphatic carbocycles. The number of thiazole rings is 1. The lowest BCUT2D eigenvalue weighted by Gasteiger charge is -2.40. The Labute approximate surface area is 147 Å². The van der Waals surface area contributed by atoms with E-state index in [0.717, 1.165) is 31.7 Å². The molecular formula is C19H24FN3S. The van der Waals surface area contributed by atoms with Crippen molar-refractivity contribution in [3.63, 3.8) is 0 Å². The van der Waals surface area contributed by atoms with Crippen LogP contribution in [0.15, 0.2) is 35.8 Å². The molecule has 128 valence electrons. The van der Waals surface area contributed by atoms with Crippen molar-refractivity contribution in [1.29, 1.82) is 0 Å². The van der Waals surface area contributed by atoms with Gasteiger partial charge in [-0.05, 0) is 55.5 Å². The van der Waals surface area contributed by atoms with E-state index in [4.69, 9.17) is 0 Å². The van der Waals surface area contributed by atoms with Crippen LogP contribution >= 0.6 is 11.3 Å². The summed E-state index contributed by atoms with van der Waals surface area (Å²) < 4.78 is 13.4. The summed E-state index contributed by atoms with van der Waals surface area (Å²) in [5, 5.41) is 3.28. The molecule has 5 heteroatoms. The highest BCUT2D eigenvalue weighted by Gasteiger charge is 2.41. The van der Waals surface area contributed by atoms with Gasteiger partial charge in [0.1, 0.15) is 10.8 Å². The Morgan fingerprint density at radius 2 is 2.00 bits per heavy atom. The number of piperidine rings is 1. The summed E-state index contributed by atoms with van der Waals surface area (Å²) >= 11 is 1.75. The monoisotopic (exact) mass is 345 g/mol. The van der Waals surface area contributed by atoms with E-state index in [1.54, 1.807) is 17.4 Å². The number of nitrogens with zero attached hydrogens (tertiary/aromatic N) is 3. The molecule has 3 heterocycles. The normalized spacial score (nSPS) is 25.5. The van der Waals surface area contributed by atoms with Gasteiger partial charge in [-0.1, -0.05) is 12.1 Å². The predicted molar refractivity (Wildman–Crippen MR) is 95.4 cm³/mol. The maximum absolute atomic E-state index is 13.4. The summed E-state index contributed by atoms with van der Waals surface area (Å²) in [5.41, 5.74) is 1.51. The van der Waals surface area contributed by atoms with Gasteiger partial charge in [0.05, 0.1) is 6.54 Å². The lowest BCUT2D eigenvalue weighted by Crippen LogP contribution is -2.44. The smallest absolute Gasteiger partial charge is 0.123 e. The van der Waals surface area contributed by atoms with Crippen molar-refractivity contribution in [1.82, 2.24) is 14.8 Å². The lowest BCUT2D eigenvalue weighted by atomic mass is 9.79. The third-order valence-corrected chi connectivity index (χ3v) is 6.16. The number of benzene rings is 1. The summed E-state index contributed by atoms with van der Waals surface area (Å²) in [5.74, 6) is -0.131. The first-order chi connectivity index (χ1) is 11.7. The number of hydrogen-bond donors (Lipinski definition) is 0. The van der Waals surface area contributed by atoms with Gasteiger partial charge in [0.15, 0.2) is 0 Å². The van der Waals surface area contributed by atoms with Crippen molar-refractivity contribution >= 4 is 11.3 Å². The van der Waals surface area contributed by atoms with E-state index in [1.165, 1.54) is 43.4 Å². The van der Waals surface area contributed by atoms with Crippen molar-refractivity contribution < 1.29 is 4.39 Å². The second kappa shape index (κ2) is 6.90. The molecule has 2 aliphatic rings. The minimum absolute atomic E-state index is 0.131. The van der Waals surface area contributed by atoms with E-state index >= 15 is 0 Å². The quantitative estimate of drug-likeness (QED) is 0.841. The standard InChI is InChI=1S/C19H24FN3S/c20-17-4-1-3-16(11-17)12-23-9-6-19(15-23)5-2-8-22(14-19)13-18-21-7-10-24-18/h1,3-4,7,10-11H,2,5-6,8-9,12-15H2/t19-/m0/s1. The van der Waals surface area contributed by atoms with Crippen LogP contribution in [0.3, 0.4) is 0 Å². The van der Waals surface area contributed by atoms with Crippen molar-refractivity contribution in [2.24, 2.45) is 5.41 Å². The van der Waals surface area contributed by atoms with Gasteiger partial charge in [-0.2, -0.15) is 0 Å². The van der Waals surface area contributed by atoms with Gasteiger partial charge in [0.2, 0.25) is 0 Å². The Morgan fingerprint density at radius 1 is 1.12 bits per heavy atom. The average molecular weight is 345 g/mol. The summed E-state index contributed by atoms with van der Waals surface area (Å²) in [6, 6.07) is 7.03. The Kier molecular flexibility index (Phi) is 4.66. The molecule has 0 N–H and O–H groups in total. The predicted octanol–water partition coefficient (Wildman–Crippen LogP) is 3.77. The Morgan fingerprint density at radius 3 is 2.79 bits per heavy atom. The number of hydrogen-bond acceptors (Lipinski definition) is 4. The topological polar surface area (TPSA) is 19.4 Å². The van der Waals surface area contributed by atoms with Crippen LogP contribution in [-0.4, -0.2) is 41.0 Å². The van der Waals surface area contributed by atoms with Gasteiger partial charge in [-0.25, -0.2) is 9.37 Å². The maximum Gasteiger partial charge on any atom is 0.123 e. The van der Waals surface area contributed by atoms with Gasteiger partial charge >= 0.3 is 0 Å². The van der Waals surface area contributed by atoms with Crippen LogP contribution in [0.25, 0.3) is 0 Å². The second-order valence-electron chi connectivity index (χ2n) is 7.33. The second-order valence-corrected chi connectivity index (χ2v) is 8.31. The molecule has 3 nitrogen and oxygen atoms in total. The zero-order chi connectivity index (χ0) is 16.4. The van der Waals surface area contributed by atoms with Gasteiger partial charge < -0.3 is 0 Å². The van der Waals surface area contributed by atoms with Crippen LogP contribution in [0.1, 0.15) is 29.8 Å². The van der Waals surface area contributed by atoms with Crippen molar-refractivity contribution in [3.8, 4) is 0 Å². The summed E-state index contributed by atoms with van der Waals surface area (Å²) in [7, 11) is 0. The molecule has 2 saturated heterocycles. The molecule has 0 radical (unpaired) electrons. The van der Waals surface area contributed by atoms with Crippen LogP contribution in [0.2, 0.25) is 0 Å². The molecular weight excluding hydrogens is 321 g/mol. The first-order valence-corrected chi connectivity index (χ1v) is 9.66. The molecule has 2 aromatic rings. The molecule has 24 heavy (non-hydrogen) atoms. The largest absolute Gasteiger partial charge is 0.298 e. The van der Waals surface area contributed by atoms with Crippen LogP contribution in [0.5, 0.6) is 0 Å². The van der Waals surface area contributed by atoms with Gasteiger partial charge in [0, 0.05) is 31.2 Å². The van der Waals surface area contributed by atoms with Crippen molar-refractivity contribution in [3.05, 3.63) is 52.2 Å². The Balaban J connectivity index is 1.37. The highest BCUT2D eigenvalue weighted by atomic mass is 32.1. The fraction of sp³-hybridized carbons (Fsp3) is 0.526. The highest BCUT2D eigenvalue weighted by molar-refractivity contribution is 7.09. The zero-order valence-electron chi connectivity index (χ0n) is 14.0. The Hall–Kier alpha value is -1.30. The summed E-state index contributed by atoms with van der Waals surface area (Å²) in [4.78, 5) is 9.51. The number of aromatic nitrogens is 1. The van der Waals surface area contributed by atoms with Gasteiger partial charge in [0.25, 0.3) is 0 Å². The van der Waals surface area contributed by atoms with Gasteiger partial charge in [-0.3, -0.25) is 9.80 Å². The van der Waals surface area contributed by atoms with E-state index in [2.05, 4.69) is 20.2 Å². The number of halogens is 1. The third kappa shape index (κ3) is 3.68. The molecule has 0 amide bonds. The fourth-order valence-corrected chi connectivity index (χ4v) is 5.01. The molecule has 0 unspecified atom stereocenters. The van der Waals surface area contributed by atoms with Crippen LogP contribution < -0.4 is 0 Å². The number of rotatable bonds is 4. The van der Waals surface area contributed by atoms with E-state index in [-0.39, 0.29) is 5.82 Å². The summed E-state index contributed by atoms with van der Waals surface area (Å²) in [6.07, 6.45) is 5.76. The van der Waals surface area contributed by atoms with E-state index < -0.39 is 0 Å². The first-order valence-electron chi connectivity index (χ1n) is 8.78. The molecule has 2 aliphatic heterocycles. The van der Waals surface area contributed by atoms with Crippen LogP contribution in [0, 0.1) is 11.2 Å². The highest BCUT2D eigenvalue weighted by Crippen LogP contribution is 2.39. The molecule has 4 rings (SSSR count). The lowest BCUT2D eigenvalue weighted by molar-refractivity contribution is 0.0865. The molecule has 2 fully saturated rings. The van der Waals surface area contributed by atoms with E-state index in [1.807, 2.05) is 18.3 Å². The molecule has 1 atom stereocenters. The number of likely N-dealkylation sites (tertiary alicyclic amines) is 2. The minimum Gasteiger partial charge on any atom is -0.298 e. The first kappa shape index (κ1) is 16.2. The van der Waals surface area contributed by atoms with E-state index in [0.29, 0.717) is 5.41 Å². The van der Waals surface area contributed by atoms with Crippen molar-refractivity contribution in [2.45, 2.75) is 32.4 Å². The van der Waals surface area contributed by atoms with Crippen LogP contribution in [-0.2, 0) is 13.1 Å². The molecule has 1 spiro atoms. The molecule has 0 bridgehead atoms. The SMILES string of the molecule is Fc1cccc(CN2CC[C@]3(CCCN(Cc4nccs4)C3)C2)c1. The molecule has 0 saturated carbocycles. The fourth-order valence-electron chi connectivity index (χ4n) is 4.36. The Bertz CT molecular complexity index is 675. The van der Waals surface area contributed by atoms with Crippen molar-refractivity contribution in [2.75, 3.05) is 26.2 Å². The van der Waals surface area contributed by atoms with E-state index in [9.17, 15) is 4.39 Å². The van der Waals surface area contributed by atoms with Gasteiger partial charge in [-0.15, -0.1) is 11.3 Å².